The van der Waals surface area contributed by atoms with Crippen molar-refractivity contribution in [2.24, 2.45) is 5.92 Å². The molecule has 0 aromatic carbocycles. The first-order chi connectivity index (χ1) is 6.88. The van der Waals surface area contributed by atoms with Gasteiger partial charge in [-0.3, -0.25) is 4.79 Å². The molecular weight excluding hydrogens is 209 g/mol. The van der Waals surface area contributed by atoms with Crippen LogP contribution in [0.15, 0.2) is 0 Å². The van der Waals surface area contributed by atoms with Crippen molar-refractivity contribution in [3.63, 3.8) is 0 Å². The summed E-state index contributed by atoms with van der Waals surface area (Å²) in [5.74, 6) is 0.0960. The van der Waals surface area contributed by atoms with Crippen LogP contribution in [-0.4, -0.2) is 43.7 Å². The van der Waals surface area contributed by atoms with Gasteiger partial charge in [-0.15, -0.1) is 0 Å². The van der Waals surface area contributed by atoms with Crippen LogP contribution in [0.5, 0.6) is 0 Å². The Morgan fingerprint density at radius 1 is 1.47 bits per heavy atom. The molecule has 0 aromatic rings. The van der Waals surface area contributed by atoms with Crippen LogP contribution in [-0.2, 0) is 4.79 Å². The second kappa shape index (κ2) is 4.83. The van der Waals surface area contributed by atoms with Crippen LogP contribution < -0.4 is 5.32 Å². The molecule has 0 aliphatic heterocycles. The fourth-order valence-electron chi connectivity index (χ4n) is 1.20. The number of nitrogens with one attached hydrogen (secondary N) is 1. The summed E-state index contributed by atoms with van der Waals surface area (Å²) in [6.45, 7) is -0.467. The minimum absolute atomic E-state index is 0.0108. The molecule has 0 saturated heterocycles. The summed E-state index contributed by atoms with van der Waals surface area (Å²) in [6.07, 6.45) is -2.01. The number of alkyl halides is 3. The molecule has 0 heterocycles. The predicted octanol–water partition coefficient (Wildman–Crippen LogP) is 1.01. The Labute approximate surface area is 86.6 Å². The SMILES string of the molecule is CN(CC(F)(F)F)C(=O)CNCC1CC1. The summed E-state index contributed by atoms with van der Waals surface area (Å²) < 4.78 is 35.7. The molecule has 1 amide bonds. The van der Waals surface area contributed by atoms with Crippen LogP contribution in [0.25, 0.3) is 0 Å². The number of hydrogen-bond donors (Lipinski definition) is 1. The molecule has 0 spiro atoms. The van der Waals surface area contributed by atoms with Crippen molar-refractivity contribution >= 4 is 5.91 Å². The quantitative estimate of drug-likeness (QED) is 0.755. The van der Waals surface area contributed by atoms with Crippen molar-refractivity contribution in [1.29, 1.82) is 0 Å². The van der Waals surface area contributed by atoms with Crippen LogP contribution in [0.2, 0.25) is 0 Å². The van der Waals surface area contributed by atoms with Gasteiger partial charge in [0.25, 0.3) is 0 Å². The van der Waals surface area contributed by atoms with Gasteiger partial charge in [0.1, 0.15) is 6.54 Å². The summed E-state index contributed by atoms with van der Waals surface area (Å²) >= 11 is 0. The van der Waals surface area contributed by atoms with Gasteiger partial charge < -0.3 is 10.2 Å². The van der Waals surface area contributed by atoms with E-state index in [2.05, 4.69) is 5.32 Å². The molecule has 1 rings (SSSR count). The Bertz CT molecular complexity index is 226. The smallest absolute Gasteiger partial charge is 0.336 e. The number of halogens is 3. The van der Waals surface area contributed by atoms with Crippen LogP contribution >= 0.6 is 0 Å². The monoisotopic (exact) mass is 224 g/mol. The average molecular weight is 224 g/mol. The molecule has 1 N–H and O–H groups in total. The molecule has 3 nitrogen and oxygen atoms in total. The lowest BCUT2D eigenvalue weighted by atomic mass is 10.4. The van der Waals surface area contributed by atoms with Crippen molar-refractivity contribution in [3.05, 3.63) is 0 Å². The largest absolute Gasteiger partial charge is 0.406 e. The minimum atomic E-state index is -4.32. The van der Waals surface area contributed by atoms with E-state index in [-0.39, 0.29) is 6.54 Å². The number of amides is 1. The maximum atomic E-state index is 11.9. The molecule has 0 bridgehead atoms. The van der Waals surface area contributed by atoms with Gasteiger partial charge in [0.05, 0.1) is 6.54 Å². The molecule has 0 atom stereocenters. The Hall–Kier alpha value is -0.780. The van der Waals surface area contributed by atoms with E-state index in [1.165, 1.54) is 0 Å². The van der Waals surface area contributed by atoms with Crippen molar-refractivity contribution in [1.82, 2.24) is 10.2 Å². The van der Waals surface area contributed by atoms with Crippen molar-refractivity contribution in [2.45, 2.75) is 19.0 Å². The number of rotatable bonds is 5. The van der Waals surface area contributed by atoms with Crippen molar-refractivity contribution in [3.8, 4) is 0 Å². The van der Waals surface area contributed by atoms with Gasteiger partial charge in [0.2, 0.25) is 5.91 Å². The normalized spacial score (nSPS) is 16.5. The van der Waals surface area contributed by atoms with Crippen molar-refractivity contribution < 1.29 is 18.0 Å². The lowest BCUT2D eigenvalue weighted by Crippen LogP contribution is -2.41. The topological polar surface area (TPSA) is 32.3 Å². The highest BCUT2D eigenvalue weighted by Crippen LogP contribution is 2.27. The molecule has 1 aliphatic rings. The fourth-order valence-corrected chi connectivity index (χ4v) is 1.20. The van der Waals surface area contributed by atoms with Crippen LogP contribution in [0, 0.1) is 5.92 Å². The first-order valence-electron chi connectivity index (χ1n) is 4.90. The van der Waals surface area contributed by atoms with E-state index in [1.807, 2.05) is 0 Å². The zero-order valence-corrected chi connectivity index (χ0v) is 8.60. The molecule has 0 aromatic heterocycles. The third-order valence-electron chi connectivity index (χ3n) is 2.25. The van der Waals surface area contributed by atoms with Gasteiger partial charge in [-0.25, -0.2) is 0 Å². The summed E-state index contributed by atoms with van der Waals surface area (Å²) in [6, 6.07) is 0. The minimum Gasteiger partial charge on any atom is -0.336 e. The van der Waals surface area contributed by atoms with Gasteiger partial charge in [-0.1, -0.05) is 0 Å². The van der Waals surface area contributed by atoms with E-state index in [4.69, 9.17) is 0 Å². The number of nitrogens with zero attached hydrogens (tertiary/aromatic N) is 1. The zero-order chi connectivity index (χ0) is 11.5. The van der Waals surface area contributed by atoms with Crippen LogP contribution in [0.3, 0.4) is 0 Å². The maximum absolute atomic E-state index is 11.9. The predicted molar refractivity (Wildman–Crippen MR) is 49.3 cm³/mol. The Morgan fingerprint density at radius 2 is 2.07 bits per heavy atom. The van der Waals surface area contributed by atoms with Crippen molar-refractivity contribution in [2.75, 3.05) is 26.7 Å². The lowest BCUT2D eigenvalue weighted by Gasteiger charge is -2.19. The van der Waals surface area contributed by atoms with Crippen LogP contribution in [0.1, 0.15) is 12.8 Å². The standard InChI is InChI=1S/C9H15F3N2O/c1-14(6-9(10,11)12)8(15)5-13-4-7-2-3-7/h7,13H,2-6H2,1H3. The number of likely N-dealkylation sites (N-methyl/N-ethyl adjacent to an activating group) is 1. The highest BCUT2D eigenvalue weighted by atomic mass is 19.4. The van der Waals surface area contributed by atoms with Gasteiger partial charge in [0, 0.05) is 7.05 Å². The molecule has 0 radical (unpaired) electrons. The fraction of sp³-hybridized carbons (Fsp3) is 0.889. The highest BCUT2D eigenvalue weighted by molar-refractivity contribution is 5.77. The van der Waals surface area contributed by atoms with E-state index in [9.17, 15) is 18.0 Å². The van der Waals surface area contributed by atoms with E-state index >= 15 is 0 Å². The molecule has 6 heteroatoms. The third-order valence-corrected chi connectivity index (χ3v) is 2.25. The van der Waals surface area contributed by atoms with E-state index in [0.29, 0.717) is 10.8 Å². The number of hydrogen-bond acceptors (Lipinski definition) is 2. The molecule has 1 saturated carbocycles. The molecule has 1 fully saturated rings. The first-order valence-corrected chi connectivity index (χ1v) is 4.90. The third kappa shape index (κ3) is 5.61. The van der Waals surface area contributed by atoms with Gasteiger partial charge in [-0.2, -0.15) is 13.2 Å². The molecule has 0 unspecified atom stereocenters. The van der Waals surface area contributed by atoms with Gasteiger partial charge in [-0.05, 0) is 25.3 Å². The van der Waals surface area contributed by atoms with E-state index in [1.54, 1.807) is 0 Å². The molecular formula is C9H15F3N2O. The average Bonchev–Trinajstić information content (AvgIpc) is 2.84. The Kier molecular flexibility index (Phi) is 3.96. The Balaban J connectivity index is 2.13. The summed E-state index contributed by atoms with van der Waals surface area (Å²) in [7, 11) is 1.16. The van der Waals surface area contributed by atoms with Crippen LogP contribution in [0.4, 0.5) is 13.2 Å². The second-order valence-electron chi connectivity index (χ2n) is 3.94. The second-order valence-corrected chi connectivity index (χ2v) is 3.94. The Morgan fingerprint density at radius 3 is 2.53 bits per heavy atom. The maximum Gasteiger partial charge on any atom is 0.406 e. The van der Waals surface area contributed by atoms with E-state index in [0.717, 1.165) is 26.4 Å². The van der Waals surface area contributed by atoms with Gasteiger partial charge >= 0.3 is 6.18 Å². The summed E-state index contributed by atoms with van der Waals surface area (Å²) in [5, 5.41) is 2.86. The molecule has 1 aliphatic carbocycles. The van der Waals surface area contributed by atoms with Gasteiger partial charge in [0.15, 0.2) is 0 Å². The summed E-state index contributed by atoms with van der Waals surface area (Å²) in [4.78, 5) is 11.9. The van der Waals surface area contributed by atoms with E-state index < -0.39 is 18.6 Å². The highest BCUT2D eigenvalue weighted by Gasteiger charge is 2.31. The summed E-state index contributed by atoms with van der Waals surface area (Å²) in [5.41, 5.74) is 0. The molecule has 15 heavy (non-hydrogen) atoms. The first kappa shape index (κ1) is 12.3. The lowest BCUT2D eigenvalue weighted by molar-refractivity contribution is -0.157. The number of carbonyl (C=O) groups excluding carboxylic acids is 1. The number of carbonyl (C=O) groups is 1. The molecule has 88 valence electrons. The zero-order valence-electron chi connectivity index (χ0n) is 8.60.